The largest absolute Gasteiger partial charge is 0.419 e. The zero-order valence-electron chi connectivity index (χ0n) is 12.1. The quantitative estimate of drug-likeness (QED) is 0.717. The summed E-state index contributed by atoms with van der Waals surface area (Å²) in [5, 5.41) is 10.1. The van der Waals surface area contributed by atoms with E-state index in [1.165, 1.54) is 0 Å². The van der Waals surface area contributed by atoms with Gasteiger partial charge in [-0.2, -0.15) is 18.3 Å². The highest BCUT2D eigenvalue weighted by atomic mass is 19.4. The molecule has 2 N–H and O–H groups in total. The molecule has 0 aliphatic carbocycles. The maximum atomic E-state index is 13.5. The number of amides is 1. The van der Waals surface area contributed by atoms with E-state index < -0.39 is 23.5 Å². The molecule has 0 radical (unpaired) electrons. The van der Waals surface area contributed by atoms with Crippen molar-refractivity contribution in [3.05, 3.63) is 65.1 Å². The molecule has 1 amide bonds. The first kappa shape index (κ1) is 16.0. The second-order valence-electron chi connectivity index (χ2n) is 5.12. The molecule has 0 bridgehead atoms. The molecule has 124 valence electrons. The second-order valence-corrected chi connectivity index (χ2v) is 5.12. The summed E-state index contributed by atoms with van der Waals surface area (Å²) in [4.78, 5) is 12.0. The molecule has 0 saturated carbocycles. The molecular formula is C16H11F4N3O. The molecule has 2 aromatic carbocycles. The van der Waals surface area contributed by atoms with Gasteiger partial charge in [0, 0.05) is 17.5 Å². The molecule has 1 aromatic heterocycles. The molecule has 1 heterocycles. The molecular weight excluding hydrogens is 326 g/mol. The number of hydrogen-bond donors (Lipinski definition) is 2. The lowest BCUT2D eigenvalue weighted by atomic mass is 10.1. The van der Waals surface area contributed by atoms with Gasteiger partial charge in [-0.1, -0.05) is 12.1 Å². The number of H-pyrrole nitrogens is 1. The van der Waals surface area contributed by atoms with E-state index in [0.29, 0.717) is 12.1 Å². The van der Waals surface area contributed by atoms with Crippen molar-refractivity contribution >= 4 is 16.8 Å². The summed E-state index contributed by atoms with van der Waals surface area (Å²) in [7, 11) is 0. The predicted octanol–water partition coefficient (Wildman–Crippen LogP) is 3.65. The number of aromatic amines is 1. The number of hydrogen-bond acceptors (Lipinski definition) is 2. The molecule has 0 spiro atoms. The first-order valence-corrected chi connectivity index (χ1v) is 6.92. The Morgan fingerprint density at radius 3 is 2.71 bits per heavy atom. The number of rotatable bonds is 3. The number of nitrogens with one attached hydrogen (secondary N) is 2. The summed E-state index contributed by atoms with van der Waals surface area (Å²) in [6.07, 6.45) is -3.19. The van der Waals surface area contributed by atoms with Crippen LogP contribution in [0.15, 0.2) is 42.6 Å². The van der Waals surface area contributed by atoms with Crippen LogP contribution in [0.4, 0.5) is 17.6 Å². The molecule has 0 aliphatic rings. The summed E-state index contributed by atoms with van der Waals surface area (Å²) in [6, 6.07) is 7.46. The van der Waals surface area contributed by atoms with Gasteiger partial charge in [0.2, 0.25) is 0 Å². The van der Waals surface area contributed by atoms with Crippen LogP contribution in [0.25, 0.3) is 10.9 Å². The highest BCUT2D eigenvalue weighted by Gasteiger charge is 2.34. The first-order chi connectivity index (χ1) is 11.4. The zero-order valence-corrected chi connectivity index (χ0v) is 12.1. The SMILES string of the molecule is O=C(NCc1cccc2[nH]ncc12)c1ccc(C(F)(F)F)c(F)c1. The Morgan fingerprint density at radius 2 is 2.00 bits per heavy atom. The second kappa shape index (κ2) is 5.95. The Morgan fingerprint density at radius 1 is 1.21 bits per heavy atom. The van der Waals surface area contributed by atoms with E-state index in [4.69, 9.17) is 0 Å². The molecule has 3 rings (SSSR count). The van der Waals surface area contributed by atoms with Crippen molar-refractivity contribution in [2.45, 2.75) is 12.7 Å². The Labute approximate surface area is 133 Å². The standard InChI is InChI=1S/C16H11F4N3O/c17-13-6-9(4-5-12(13)16(18,19)20)15(24)21-7-10-2-1-3-14-11(10)8-22-23-14/h1-6,8H,7H2,(H,21,24)(H,22,23). The summed E-state index contributed by atoms with van der Waals surface area (Å²) >= 11 is 0. The van der Waals surface area contributed by atoms with Crippen LogP contribution >= 0.6 is 0 Å². The van der Waals surface area contributed by atoms with Gasteiger partial charge >= 0.3 is 6.18 Å². The minimum absolute atomic E-state index is 0.137. The average molecular weight is 337 g/mol. The van der Waals surface area contributed by atoms with Crippen LogP contribution in [0.1, 0.15) is 21.5 Å². The fraction of sp³-hybridized carbons (Fsp3) is 0.125. The van der Waals surface area contributed by atoms with Gasteiger partial charge in [0.25, 0.3) is 5.91 Å². The lowest BCUT2D eigenvalue weighted by molar-refractivity contribution is -0.140. The van der Waals surface area contributed by atoms with Gasteiger partial charge in [-0.3, -0.25) is 9.89 Å². The minimum atomic E-state index is -4.80. The Balaban J connectivity index is 1.76. The fourth-order valence-electron chi connectivity index (χ4n) is 2.35. The normalized spacial score (nSPS) is 11.7. The number of aromatic nitrogens is 2. The molecule has 8 heteroatoms. The molecule has 3 aromatic rings. The summed E-state index contributed by atoms with van der Waals surface area (Å²) < 4.78 is 51.1. The lowest BCUT2D eigenvalue weighted by Gasteiger charge is -2.10. The van der Waals surface area contributed by atoms with Crippen molar-refractivity contribution in [3.63, 3.8) is 0 Å². The number of halogens is 4. The number of benzene rings is 2. The molecule has 0 fully saturated rings. The summed E-state index contributed by atoms with van der Waals surface area (Å²) in [6.45, 7) is 0.137. The van der Waals surface area contributed by atoms with Crippen LogP contribution in [-0.2, 0) is 12.7 Å². The third kappa shape index (κ3) is 3.08. The minimum Gasteiger partial charge on any atom is -0.348 e. The highest BCUT2D eigenvalue weighted by Crippen LogP contribution is 2.31. The molecule has 0 aliphatic heterocycles. The Hall–Kier alpha value is -2.90. The van der Waals surface area contributed by atoms with E-state index in [1.54, 1.807) is 18.3 Å². The summed E-state index contributed by atoms with van der Waals surface area (Å²) in [5.74, 6) is -2.14. The summed E-state index contributed by atoms with van der Waals surface area (Å²) in [5.41, 5.74) is -0.00797. The molecule has 4 nitrogen and oxygen atoms in total. The topological polar surface area (TPSA) is 57.8 Å². The van der Waals surface area contributed by atoms with Gasteiger partial charge in [0.05, 0.1) is 17.3 Å². The van der Waals surface area contributed by atoms with Crippen molar-refractivity contribution in [1.29, 1.82) is 0 Å². The molecule has 0 unspecified atom stereocenters. The van der Waals surface area contributed by atoms with E-state index >= 15 is 0 Å². The zero-order chi connectivity index (χ0) is 17.3. The molecule has 0 saturated heterocycles. The van der Waals surface area contributed by atoms with Crippen molar-refractivity contribution in [2.24, 2.45) is 0 Å². The Bertz CT molecular complexity index is 902. The Kier molecular flexibility index (Phi) is 3.96. The number of nitrogens with zero attached hydrogens (tertiary/aromatic N) is 1. The van der Waals surface area contributed by atoms with Crippen molar-refractivity contribution in [3.8, 4) is 0 Å². The van der Waals surface area contributed by atoms with Gasteiger partial charge in [-0.05, 0) is 29.8 Å². The van der Waals surface area contributed by atoms with E-state index in [-0.39, 0.29) is 12.1 Å². The van der Waals surface area contributed by atoms with Crippen LogP contribution in [0.2, 0.25) is 0 Å². The van der Waals surface area contributed by atoms with E-state index in [1.807, 2.05) is 6.07 Å². The number of fused-ring (bicyclic) bond motifs is 1. The van der Waals surface area contributed by atoms with Crippen molar-refractivity contribution in [1.82, 2.24) is 15.5 Å². The lowest BCUT2D eigenvalue weighted by Crippen LogP contribution is -2.23. The van der Waals surface area contributed by atoms with Gasteiger partial charge in [0.15, 0.2) is 0 Å². The number of carbonyl (C=O) groups excluding carboxylic acids is 1. The van der Waals surface area contributed by atoms with Gasteiger partial charge in [-0.15, -0.1) is 0 Å². The molecule has 24 heavy (non-hydrogen) atoms. The molecule has 0 atom stereocenters. The van der Waals surface area contributed by atoms with E-state index in [2.05, 4.69) is 15.5 Å². The monoisotopic (exact) mass is 337 g/mol. The van der Waals surface area contributed by atoms with Crippen LogP contribution in [-0.4, -0.2) is 16.1 Å². The third-order valence-electron chi connectivity index (χ3n) is 3.55. The van der Waals surface area contributed by atoms with Crippen LogP contribution < -0.4 is 5.32 Å². The maximum absolute atomic E-state index is 13.5. The maximum Gasteiger partial charge on any atom is 0.419 e. The smallest absolute Gasteiger partial charge is 0.348 e. The third-order valence-corrected chi connectivity index (χ3v) is 3.55. The van der Waals surface area contributed by atoms with E-state index in [9.17, 15) is 22.4 Å². The fourth-order valence-corrected chi connectivity index (χ4v) is 2.35. The predicted molar refractivity (Wildman–Crippen MR) is 78.7 cm³/mol. The van der Waals surface area contributed by atoms with Crippen LogP contribution in [0, 0.1) is 5.82 Å². The van der Waals surface area contributed by atoms with Gasteiger partial charge in [0.1, 0.15) is 5.82 Å². The van der Waals surface area contributed by atoms with Crippen LogP contribution in [0.3, 0.4) is 0 Å². The first-order valence-electron chi connectivity index (χ1n) is 6.92. The number of alkyl halides is 3. The van der Waals surface area contributed by atoms with Crippen LogP contribution in [0.5, 0.6) is 0 Å². The van der Waals surface area contributed by atoms with Gasteiger partial charge in [-0.25, -0.2) is 4.39 Å². The highest BCUT2D eigenvalue weighted by molar-refractivity contribution is 5.94. The van der Waals surface area contributed by atoms with Gasteiger partial charge < -0.3 is 5.32 Å². The number of carbonyl (C=O) groups is 1. The van der Waals surface area contributed by atoms with Crippen molar-refractivity contribution < 1.29 is 22.4 Å². The van der Waals surface area contributed by atoms with Crippen molar-refractivity contribution in [2.75, 3.05) is 0 Å². The van der Waals surface area contributed by atoms with E-state index in [0.717, 1.165) is 22.5 Å². The average Bonchev–Trinajstić information content (AvgIpc) is 3.00.